The molecule has 1 aliphatic heterocycles. The van der Waals surface area contributed by atoms with Gasteiger partial charge >= 0.3 is 12.1 Å². The number of nitrogens with zero attached hydrogens (tertiary/aromatic N) is 2. The van der Waals surface area contributed by atoms with Gasteiger partial charge in [0.25, 0.3) is 0 Å². The highest BCUT2D eigenvalue weighted by Gasteiger charge is 2.42. The van der Waals surface area contributed by atoms with Gasteiger partial charge in [-0.05, 0) is 45.0 Å². The molecule has 2 heterocycles. The van der Waals surface area contributed by atoms with Crippen LogP contribution >= 0.6 is 11.6 Å². The molecule has 1 fully saturated rings. The van der Waals surface area contributed by atoms with E-state index in [1.165, 1.54) is 4.90 Å². The highest BCUT2D eigenvalue weighted by molar-refractivity contribution is 6.35. The Bertz CT molecular complexity index is 880. The summed E-state index contributed by atoms with van der Waals surface area (Å²) in [5.74, 6) is -0.596. The average Bonchev–Trinajstić information content (AvgIpc) is 3.01. The number of hydrogen-bond donors (Lipinski definition) is 1. The van der Waals surface area contributed by atoms with Crippen molar-refractivity contribution < 1.29 is 24.2 Å². The molecule has 1 aliphatic rings. The summed E-state index contributed by atoms with van der Waals surface area (Å²) in [5, 5.41) is 10.8. The van der Waals surface area contributed by atoms with E-state index in [9.17, 15) is 14.7 Å². The molecular weight excluding hydrogens is 372 g/mol. The number of carboxylic acids is 1. The summed E-state index contributed by atoms with van der Waals surface area (Å²) < 4.78 is 11.3. The van der Waals surface area contributed by atoms with Crippen LogP contribution in [-0.2, 0) is 9.53 Å². The first-order valence-corrected chi connectivity index (χ1v) is 8.96. The lowest BCUT2D eigenvalue weighted by Gasteiger charge is -2.26. The van der Waals surface area contributed by atoms with Crippen LogP contribution in [0.5, 0.6) is 5.75 Å². The van der Waals surface area contributed by atoms with Gasteiger partial charge in [-0.25, -0.2) is 9.59 Å². The molecule has 0 saturated carbocycles. The molecule has 1 aromatic heterocycles. The van der Waals surface area contributed by atoms with Crippen molar-refractivity contribution in [2.24, 2.45) is 0 Å². The molecule has 2 atom stereocenters. The van der Waals surface area contributed by atoms with Crippen molar-refractivity contribution in [3.8, 4) is 5.75 Å². The van der Waals surface area contributed by atoms with Crippen molar-refractivity contribution in [2.75, 3.05) is 6.54 Å². The first-order valence-electron chi connectivity index (χ1n) is 8.58. The fourth-order valence-corrected chi connectivity index (χ4v) is 3.24. The van der Waals surface area contributed by atoms with E-state index >= 15 is 0 Å². The average molecular weight is 393 g/mol. The molecular formula is C19H21ClN2O5. The monoisotopic (exact) mass is 392 g/mol. The van der Waals surface area contributed by atoms with Crippen LogP contribution in [0.1, 0.15) is 27.2 Å². The highest BCUT2D eigenvalue weighted by atomic mass is 35.5. The van der Waals surface area contributed by atoms with Gasteiger partial charge in [0.2, 0.25) is 0 Å². The number of pyridine rings is 1. The lowest BCUT2D eigenvalue weighted by molar-refractivity contribution is -0.142. The predicted molar refractivity (Wildman–Crippen MR) is 100 cm³/mol. The Balaban J connectivity index is 1.82. The number of benzene rings is 1. The molecule has 0 unspecified atom stereocenters. The molecule has 7 nitrogen and oxygen atoms in total. The van der Waals surface area contributed by atoms with E-state index in [2.05, 4.69) is 4.98 Å². The second-order valence-electron chi connectivity index (χ2n) is 7.41. The molecule has 3 rings (SSSR count). The summed E-state index contributed by atoms with van der Waals surface area (Å²) in [4.78, 5) is 29.5. The Hall–Kier alpha value is -2.54. The SMILES string of the molecule is CC(C)(C)OC(=O)N1C[C@H](Oc2ccc(Cl)c3cccnc23)C[C@@H]1C(=O)O. The maximum Gasteiger partial charge on any atom is 0.411 e. The number of aliphatic carboxylic acids is 1. The van der Waals surface area contributed by atoms with E-state index in [1.807, 2.05) is 6.07 Å². The summed E-state index contributed by atoms with van der Waals surface area (Å²) in [7, 11) is 0. The Morgan fingerprint density at radius 1 is 1.30 bits per heavy atom. The topological polar surface area (TPSA) is 89.0 Å². The molecule has 8 heteroatoms. The minimum atomic E-state index is -1.09. The quantitative estimate of drug-likeness (QED) is 0.856. The number of carbonyl (C=O) groups excluding carboxylic acids is 1. The third-order valence-corrected chi connectivity index (χ3v) is 4.48. The summed E-state index contributed by atoms with van der Waals surface area (Å²) in [6.45, 7) is 5.31. The molecule has 0 spiro atoms. The Labute approximate surface area is 161 Å². The number of fused-ring (bicyclic) bond motifs is 1. The van der Waals surface area contributed by atoms with Gasteiger partial charge in [-0.3, -0.25) is 9.88 Å². The van der Waals surface area contributed by atoms with Gasteiger partial charge < -0.3 is 14.6 Å². The van der Waals surface area contributed by atoms with E-state index in [0.29, 0.717) is 16.3 Å². The fourth-order valence-electron chi connectivity index (χ4n) is 3.03. The lowest BCUT2D eigenvalue weighted by Crippen LogP contribution is -2.43. The minimum Gasteiger partial charge on any atom is -0.486 e. The molecule has 0 aliphatic carbocycles. The zero-order valence-corrected chi connectivity index (χ0v) is 16.1. The van der Waals surface area contributed by atoms with Crippen LogP contribution in [0.4, 0.5) is 4.79 Å². The van der Waals surface area contributed by atoms with Gasteiger partial charge in [-0.2, -0.15) is 0 Å². The molecule has 1 aromatic carbocycles. The number of aromatic nitrogens is 1. The molecule has 1 N–H and O–H groups in total. The van der Waals surface area contributed by atoms with E-state index in [1.54, 1.807) is 45.2 Å². The molecule has 27 heavy (non-hydrogen) atoms. The predicted octanol–water partition coefficient (Wildman–Crippen LogP) is 3.73. The van der Waals surface area contributed by atoms with E-state index < -0.39 is 29.8 Å². The zero-order chi connectivity index (χ0) is 19.8. The first-order chi connectivity index (χ1) is 12.7. The number of likely N-dealkylation sites (tertiary alicyclic amines) is 1. The van der Waals surface area contributed by atoms with Crippen LogP contribution in [0.25, 0.3) is 10.9 Å². The largest absolute Gasteiger partial charge is 0.486 e. The third-order valence-electron chi connectivity index (χ3n) is 4.15. The van der Waals surface area contributed by atoms with E-state index in [0.717, 1.165) is 5.39 Å². The van der Waals surface area contributed by atoms with Crippen LogP contribution in [0.3, 0.4) is 0 Å². The van der Waals surface area contributed by atoms with Crippen LogP contribution in [0, 0.1) is 0 Å². The van der Waals surface area contributed by atoms with Crippen LogP contribution < -0.4 is 4.74 Å². The number of carboxylic acid groups (broad SMARTS) is 1. The normalized spacial score (nSPS) is 19.9. The number of carbonyl (C=O) groups is 2. The van der Waals surface area contributed by atoms with E-state index in [-0.39, 0.29) is 13.0 Å². The van der Waals surface area contributed by atoms with Crippen molar-refractivity contribution in [1.29, 1.82) is 0 Å². The molecule has 144 valence electrons. The van der Waals surface area contributed by atoms with E-state index in [4.69, 9.17) is 21.1 Å². The second kappa shape index (κ2) is 7.23. The third kappa shape index (κ3) is 4.24. The summed E-state index contributed by atoms with van der Waals surface area (Å²) in [5.41, 5.74) is -0.123. The second-order valence-corrected chi connectivity index (χ2v) is 7.81. The van der Waals surface area contributed by atoms with Crippen molar-refractivity contribution in [3.63, 3.8) is 0 Å². The number of amides is 1. The van der Waals surface area contributed by atoms with Crippen LogP contribution in [-0.4, -0.2) is 51.3 Å². The number of ether oxygens (including phenoxy) is 2. The standard InChI is InChI=1S/C19H21ClN2O5/c1-19(2,3)27-18(25)22-10-11(9-14(22)17(23)24)26-15-7-6-13(20)12-5-4-8-21-16(12)15/h4-8,11,14H,9-10H2,1-3H3,(H,23,24)/t11-,14-/m1/s1. The fraction of sp³-hybridized carbons (Fsp3) is 0.421. The Morgan fingerprint density at radius 2 is 2.04 bits per heavy atom. The van der Waals surface area contributed by atoms with Crippen molar-refractivity contribution >= 4 is 34.6 Å². The lowest BCUT2D eigenvalue weighted by atomic mass is 10.2. The van der Waals surface area contributed by atoms with Gasteiger partial charge in [0, 0.05) is 18.0 Å². The molecule has 1 amide bonds. The summed E-state index contributed by atoms with van der Waals surface area (Å²) in [6.07, 6.45) is 0.628. The van der Waals surface area contributed by atoms with Gasteiger partial charge in [0.15, 0.2) is 0 Å². The van der Waals surface area contributed by atoms with Gasteiger partial charge in [-0.1, -0.05) is 11.6 Å². The Kier molecular flexibility index (Phi) is 5.15. The zero-order valence-electron chi connectivity index (χ0n) is 15.3. The minimum absolute atomic E-state index is 0.114. The maximum absolute atomic E-state index is 12.4. The molecule has 0 radical (unpaired) electrons. The summed E-state index contributed by atoms with van der Waals surface area (Å²) in [6, 6.07) is 6.01. The molecule has 2 aromatic rings. The van der Waals surface area contributed by atoms with Gasteiger partial charge in [0.05, 0.1) is 11.6 Å². The first kappa shape index (κ1) is 19.2. The molecule has 0 bridgehead atoms. The van der Waals surface area contributed by atoms with Crippen molar-refractivity contribution in [3.05, 3.63) is 35.5 Å². The highest BCUT2D eigenvalue weighted by Crippen LogP contribution is 2.32. The number of rotatable bonds is 3. The van der Waals surface area contributed by atoms with Crippen LogP contribution in [0.15, 0.2) is 30.5 Å². The smallest absolute Gasteiger partial charge is 0.411 e. The van der Waals surface area contributed by atoms with Crippen molar-refractivity contribution in [1.82, 2.24) is 9.88 Å². The van der Waals surface area contributed by atoms with Crippen LogP contribution in [0.2, 0.25) is 5.02 Å². The van der Waals surface area contributed by atoms with Crippen molar-refractivity contribution in [2.45, 2.75) is 44.9 Å². The van der Waals surface area contributed by atoms with Gasteiger partial charge in [-0.15, -0.1) is 0 Å². The van der Waals surface area contributed by atoms with Gasteiger partial charge in [0.1, 0.15) is 29.0 Å². The number of hydrogen-bond acceptors (Lipinski definition) is 5. The summed E-state index contributed by atoms with van der Waals surface area (Å²) >= 11 is 6.19. The molecule has 1 saturated heterocycles. The Morgan fingerprint density at radius 3 is 2.70 bits per heavy atom. The maximum atomic E-state index is 12.4. The number of halogens is 1.